The Bertz CT molecular complexity index is 414. The molecule has 2 nitrogen and oxygen atoms in total. The third kappa shape index (κ3) is 1.96. The van der Waals surface area contributed by atoms with Crippen molar-refractivity contribution in [2.75, 3.05) is 5.73 Å². The predicted octanol–water partition coefficient (Wildman–Crippen LogP) is 2.76. The van der Waals surface area contributed by atoms with Gasteiger partial charge in [-0.2, -0.15) is 0 Å². The molecule has 0 unspecified atom stereocenters. The van der Waals surface area contributed by atoms with Crippen LogP contribution < -0.4 is 5.73 Å². The van der Waals surface area contributed by atoms with Crippen LogP contribution in [0.4, 0.5) is 5.69 Å². The number of rotatable bonds is 2. The van der Waals surface area contributed by atoms with E-state index >= 15 is 0 Å². The average Bonchev–Trinajstić information content (AvgIpc) is 2.56. The van der Waals surface area contributed by atoms with Crippen molar-refractivity contribution in [1.82, 2.24) is 0 Å². The second kappa shape index (κ2) is 3.58. The highest BCUT2D eigenvalue weighted by molar-refractivity contribution is 5.40. The van der Waals surface area contributed by atoms with Crippen molar-refractivity contribution in [2.45, 2.75) is 13.3 Å². The second-order valence-electron chi connectivity index (χ2n) is 3.43. The van der Waals surface area contributed by atoms with Crippen LogP contribution in [0.15, 0.2) is 40.8 Å². The van der Waals surface area contributed by atoms with Crippen LogP contribution in [0.1, 0.15) is 17.1 Å². The number of anilines is 1. The van der Waals surface area contributed by atoms with Gasteiger partial charge in [0.05, 0.1) is 0 Å². The molecule has 0 saturated heterocycles. The molecule has 0 saturated carbocycles. The van der Waals surface area contributed by atoms with Crippen LogP contribution in [0.2, 0.25) is 0 Å². The Morgan fingerprint density at radius 1 is 1.07 bits per heavy atom. The number of nitrogen functional groups attached to an aromatic ring is 1. The van der Waals surface area contributed by atoms with Gasteiger partial charge >= 0.3 is 0 Å². The van der Waals surface area contributed by atoms with Gasteiger partial charge in [0, 0.05) is 12.1 Å². The van der Waals surface area contributed by atoms with Crippen LogP contribution in [0.25, 0.3) is 0 Å². The minimum Gasteiger partial charge on any atom is -0.466 e. The van der Waals surface area contributed by atoms with Gasteiger partial charge in [0.15, 0.2) is 0 Å². The standard InChI is InChI=1S/C12H13NO/c1-9-2-7-12(14-9)8-10-3-5-11(13)6-4-10/h2-7H,8,13H2,1H3. The summed E-state index contributed by atoms with van der Waals surface area (Å²) in [4.78, 5) is 0. The lowest BCUT2D eigenvalue weighted by Crippen LogP contribution is -1.88. The Morgan fingerprint density at radius 2 is 1.79 bits per heavy atom. The van der Waals surface area contributed by atoms with E-state index in [4.69, 9.17) is 10.2 Å². The highest BCUT2D eigenvalue weighted by atomic mass is 16.3. The van der Waals surface area contributed by atoms with Crippen LogP contribution in [0.3, 0.4) is 0 Å². The Hall–Kier alpha value is -1.70. The maximum atomic E-state index is 5.60. The zero-order chi connectivity index (χ0) is 9.97. The van der Waals surface area contributed by atoms with Crippen molar-refractivity contribution in [3.05, 3.63) is 53.5 Å². The number of nitrogens with two attached hydrogens (primary N) is 1. The van der Waals surface area contributed by atoms with E-state index in [0.29, 0.717) is 0 Å². The Morgan fingerprint density at radius 3 is 2.36 bits per heavy atom. The molecule has 2 heteroatoms. The highest BCUT2D eigenvalue weighted by Gasteiger charge is 1.99. The van der Waals surface area contributed by atoms with Gasteiger partial charge in [0.2, 0.25) is 0 Å². The van der Waals surface area contributed by atoms with Crippen LogP contribution in [-0.2, 0) is 6.42 Å². The van der Waals surface area contributed by atoms with E-state index in [1.54, 1.807) is 0 Å². The smallest absolute Gasteiger partial charge is 0.108 e. The minimum atomic E-state index is 0.796. The van der Waals surface area contributed by atoms with Crippen molar-refractivity contribution < 1.29 is 4.42 Å². The molecule has 2 rings (SSSR count). The van der Waals surface area contributed by atoms with E-state index in [0.717, 1.165) is 23.6 Å². The molecule has 1 aromatic heterocycles. The molecule has 0 aliphatic heterocycles. The molecular formula is C12H13NO. The summed E-state index contributed by atoms with van der Waals surface area (Å²) in [6, 6.07) is 11.8. The summed E-state index contributed by atoms with van der Waals surface area (Å²) >= 11 is 0. The van der Waals surface area contributed by atoms with Crippen molar-refractivity contribution in [3.8, 4) is 0 Å². The first-order chi connectivity index (χ1) is 6.74. The first-order valence-electron chi connectivity index (χ1n) is 4.64. The van der Waals surface area contributed by atoms with E-state index < -0.39 is 0 Å². The number of aryl methyl sites for hydroxylation is 1. The highest BCUT2D eigenvalue weighted by Crippen LogP contribution is 2.13. The van der Waals surface area contributed by atoms with E-state index in [1.807, 2.05) is 43.3 Å². The molecule has 1 heterocycles. The van der Waals surface area contributed by atoms with Gasteiger partial charge < -0.3 is 10.2 Å². The van der Waals surface area contributed by atoms with E-state index in [9.17, 15) is 0 Å². The summed E-state index contributed by atoms with van der Waals surface area (Å²) in [5, 5.41) is 0. The number of furan rings is 1. The maximum absolute atomic E-state index is 5.60. The summed E-state index contributed by atoms with van der Waals surface area (Å²) < 4.78 is 5.49. The minimum absolute atomic E-state index is 0.796. The van der Waals surface area contributed by atoms with Gasteiger partial charge in [-0.15, -0.1) is 0 Å². The molecule has 0 atom stereocenters. The van der Waals surface area contributed by atoms with Gasteiger partial charge in [-0.05, 0) is 36.8 Å². The lowest BCUT2D eigenvalue weighted by Gasteiger charge is -1.98. The fourth-order valence-corrected chi connectivity index (χ4v) is 1.42. The van der Waals surface area contributed by atoms with Crippen molar-refractivity contribution in [1.29, 1.82) is 0 Å². The lowest BCUT2D eigenvalue weighted by molar-refractivity contribution is 0.493. The Kier molecular flexibility index (Phi) is 2.27. The van der Waals surface area contributed by atoms with E-state index in [1.165, 1.54) is 5.56 Å². The molecule has 1 aromatic carbocycles. The monoisotopic (exact) mass is 187 g/mol. The zero-order valence-corrected chi connectivity index (χ0v) is 8.16. The summed E-state index contributed by atoms with van der Waals surface area (Å²) in [6.07, 6.45) is 0.827. The molecule has 0 amide bonds. The molecule has 0 fully saturated rings. The second-order valence-corrected chi connectivity index (χ2v) is 3.43. The summed E-state index contributed by atoms with van der Waals surface area (Å²) in [7, 11) is 0. The fourth-order valence-electron chi connectivity index (χ4n) is 1.42. The normalized spacial score (nSPS) is 10.4. The molecule has 0 radical (unpaired) electrons. The maximum Gasteiger partial charge on any atom is 0.108 e. The SMILES string of the molecule is Cc1ccc(Cc2ccc(N)cc2)o1. The van der Waals surface area contributed by atoms with Crippen LogP contribution >= 0.6 is 0 Å². The van der Waals surface area contributed by atoms with Crippen molar-refractivity contribution >= 4 is 5.69 Å². The number of benzene rings is 1. The zero-order valence-electron chi connectivity index (χ0n) is 8.16. The molecule has 2 aromatic rings. The quantitative estimate of drug-likeness (QED) is 0.734. The molecule has 2 N–H and O–H groups in total. The summed E-state index contributed by atoms with van der Waals surface area (Å²) in [6.45, 7) is 1.95. The third-order valence-corrected chi connectivity index (χ3v) is 2.15. The molecule has 14 heavy (non-hydrogen) atoms. The molecule has 72 valence electrons. The largest absolute Gasteiger partial charge is 0.466 e. The number of hydrogen-bond donors (Lipinski definition) is 1. The molecule has 0 bridgehead atoms. The third-order valence-electron chi connectivity index (χ3n) is 2.15. The van der Waals surface area contributed by atoms with E-state index in [2.05, 4.69) is 0 Å². The van der Waals surface area contributed by atoms with Crippen LogP contribution in [0.5, 0.6) is 0 Å². The van der Waals surface area contributed by atoms with Gasteiger partial charge in [0.1, 0.15) is 11.5 Å². The van der Waals surface area contributed by atoms with Crippen LogP contribution in [0, 0.1) is 6.92 Å². The van der Waals surface area contributed by atoms with Gasteiger partial charge in [0.25, 0.3) is 0 Å². The van der Waals surface area contributed by atoms with Gasteiger partial charge in [-0.1, -0.05) is 12.1 Å². The topological polar surface area (TPSA) is 39.2 Å². The molecule has 0 aliphatic carbocycles. The van der Waals surface area contributed by atoms with Crippen molar-refractivity contribution in [3.63, 3.8) is 0 Å². The first kappa shape index (κ1) is 8.88. The Labute approximate surface area is 83.4 Å². The molecular weight excluding hydrogens is 174 g/mol. The Balaban J connectivity index is 2.15. The van der Waals surface area contributed by atoms with E-state index in [-0.39, 0.29) is 0 Å². The summed E-state index contributed by atoms with van der Waals surface area (Å²) in [5.74, 6) is 1.95. The molecule has 0 spiro atoms. The van der Waals surface area contributed by atoms with Crippen molar-refractivity contribution in [2.24, 2.45) is 0 Å². The lowest BCUT2D eigenvalue weighted by atomic mass is 10.1. The molecule has 0 aliphatic rings. The fraction of sp³-hybridized carbons (Fsp3) is 0.167. The first-order valence-corrected chi connectivity index (χ1v) is 4.64. The summed E-state index contributed by atoms with van der Waals surface area (Å²) in [5.41, 5.74) is 7.61. The number of hydrogen-bond acceptors (Lipinski definition) is 2. The predicted molar refractivity (Wildman–Crippen MR) is 57.1 cm³/mol. The van der Waals surface area contributed by atoms with Crippen LogP contribution in [-0.4, -0.2) is 0 Å². The van der Waals surface area contributed by atoms with Gasteiger partial charge in [-0.25, -0.2) is 0 Å². The van der Waals surface area contributed by atoms with Gasteiger partial charge in [-0.3, -0.25) is 0 Å². The average molecular weight is 187 g/mol.